The van der Waals surface area contributed by atoms with E-state index in [-0.39, 0.29) is 5.92 Å². The van der Waals surface area contributed by atoms with Crippen LogP contribution in [0, 0.1) is 0 Å². The lowest BCUT2D eigenvalue weighted by Gasteiger charge is -2.10. The summed E-state index contributed by atoms with van der Waals surface area (Å²) in [6.45, 7) is 0.483. The first kappa shape index (κ1) is 10.3. The van der Waals surface area contributed by atoms with Crippen molar-refractivity contribution in [2.45, 2.75) is 5.92 Å². The van der Waals surface area contributed by atoms with Gasteiger partial charge in [0.1, 0.15) is 10.4 Å². The molecule has 2 rings (SSSR count). The Morgan fingerprint density at radius 1 is 1.40 bits per heavy atom. The molecule has 0 radical (unpaired) electrons. The number of hydrogen-bond donors (Lipinski definition) is 2. The molecule has 0 fully saturated rings. The number of nitrogens with two attached hydrogens (primary N) is 1. The molecule has 0 aliphatic carbocycles. The summed E-state index contributed by atoms with van der Waals surface area (Å²) in [5, 5.41) is 0. The fourth-order valence-electron chi connectivity index (χ4n) is 1.44. The highest BCUT2D eigenvalue weighted by molar-refractivity contribution is 9.10. The quantitative estimate of drug-likeness (QED) is 0.888. The normalized spacial score (nSPS) is 12.7. The van der Waals surface area contributed by atoms with Gasteiger partial charge in [0.2, 0.25) is 0 Å². The topological polar surface area (TPSA) is 67.6 Å². The van der Waals surface area contributed by atoms with Gasteiger partial charge in [0.25, 0.3) is 0 Å². The number of pyridine rings is 1. The molecule has 78 valence electrons. The summed E-state index contributed by atoms with van der Waals surface area (Å²) in [7, 11) is 0. The third-order valence-electron chi connectivity index (χ3n) is 2.18. The van der Waals surface area contributed by atoms with Crippen LogP contribution in [0.2, 0.25) is 0 Å². The molecule has 1 atom stereocenters. The van der Waals surface area contributed by atoms with Crippen LogP contribution in [0.5, 0.6) is 0 Å². The lowest BCUT2D eigenvalue weighted by Crippen LogP contribution is -2.16. The van der Waals surface area contributed by atoms with Crippen molar-refractivity contribution < 1.29 is 0 Å². The first-order valence-electron chi connectivity index (χ1n) is 4.62. The number of aromatic nitrogens is 3. The zero-order valence-corrected chi connectivity index (χ0v) is 9.61. The van der Waals surface area contributed by atoms with Crippen molar-refractivity contribution in [1.29, 1.82) is 0 Å². The van der Waals surface area contributed by atoms with Crippen LogP contribution in [0.25, 0.3) is 0 Å². The maximum absolute atomic E-state index is 5.73. The summed E-state index contributed by atoms with van der Waals surface area (Å²) in [5.41, 5.74) is 6.66. The lowest BCUT2D eigenvalue weighted by molar-refractivity contribution is 0.739. The van der Waals surface area contributed by atoms with Crippen molar-refractivity contribution in [3.8, 4) is 0 Å². The Hall–Kier alpha value is -1.20. The molecule has 0 saturated heterocycles. The average Bonchev–Trinajstić information content (AvgIpc) is 2.68. The van der Waals surface area contributed by atoms with Crippen LogP contribution in [0.4, 0.5) is 0 Å². The molecule has 0 bridgehead atoms. The number of nitrogens with zero attached hydrogens (tertiary/aromatic N) is 2. The third-order valence-corrected chi connectivity index (χ3v) is 2.58. The van der Waals surface area contributed by atoms with Gasteiger partial charge < -0.3 is 10.7 Å². The van der Waals surface area contributed by atoms with E-state index in [0.29, 0.717) is 6.54 Å². The van der Waals surface area contributed by atoms with E-state index in [1.807, 2.05) is 18.2 Å². The molecule has 0 aliphatic heterocycles. The van der Waals surface area contributed by atoms with Crippen LogP contribution in [-0.4, -0.2) is 21.5 Å². The molecule has 0 saturated carbocycles. The minimum absolute atomic E-state index is 0.0255. The van der Waals surface area contributed by atoms with E-state index < -0.39 is 0 Å². The Balaban J connectivity index is 2.33. The molecule has 0 spiro atoms. The van der Waals surface area contributed by atoms with E-state index >= 15 is 0 Å². The predicted molar refractivity (Wildman–Crippen MR) is 61.4 cm³/mol. The average molecular weight is 267 g/mol. The first-order chi connectivity index (χ1) is 7.31. The summed E-state index contributed by atoms with van der Waals surface area (Å²) < 4.78 is 0.854. The molecule has 0 amide bonds. The molecular weight excluding hydrogens is 256 g/mol. The van der Waals surface area contributed by atoms with Crippen molar-refractivity contribution in [2.75, 3.05) is 6.54 Å². The van der Waals surface area contributed by atoms with Gasteiger partial charge in [-0.05, 0) is 28.1 Å². The third kappa shape index (κ3) is 2.24. The molecule has 15 heavy (non-hydrogen) atoms. The summed E-state index contributed by atoms with van der Waals surface area (Å²) in [6.07, 6.45) is 3.48. The zero-order chi connectivity index (χ0) is 10.7. The van der Waals surface area contributed by atoms with Crippen LogP contribution in [0.15, 0.2) is 35.2 Å². The molecular formula is C10H11BrN4. The predicted octanol–water partition coefficient (Wildman–Crippen LogP) is 1.66. The Labute approximate surface area is 96.1 Å². The number of imidazole rings is 1. The van der Waals surface area contributed by atoms with E-state index in [2.05, 4.69) is 30.9 Å². The number of rotatable bonds is 3. The fraction of sp³-hybridized carbons (Fsp3) is 0.200. The maximum atomic E-state index is 5.73. The van der Waals surface area contributed by atoms with E-state index in [1.165, 1.54) is 0 Å². The second-order valence-corrected chi connectivity index (χ2v) is 4.01. The van der Waals surface area contributed by atoms with Crippen molar-refractivity contribution in [3.05, 3.63) is 46.7 Å². The minimum Gasteiger partial charge on any atom is -0.336 e. The van der Waals surface area contributed by atoms with E-state index in [9.17, 15) is 0 Å². The highest BCUT2D eigenvalue weighted by Crippen LogP contribution is 2.20. The monoisotopic (exact) mass is 266 g/mol. The van der Waals surface area contributed by atoms with Gasteiger partial charge in [-0.2, -0.15) is 0 Å². The standard InChI is InChI=1S/C10H11BrN4/c11-9-6-14-10(15-9)7(5-12)8-3-1-2-4-13-8/h1-4,6-7H,5,12H2,(H,14,15). The lowest BCUT2D eigenvalue weighted by atomic mass is 10.0. The molecule has 0 aliphatic rings. The molecule has 4 nitrogen and oxygen atoms in total. The van der Waals surface area contributed by atoms with Crippen molar-refractivity contribution >= 4 is 15.9 Å². The Morgan fingerprint density at radius 2 is 2.27 bits per heavy atom. The number of aromatic amines is 1. The van der Waals surface area contributed by atoms with E-state index in [4.69, 9.17) is 5.73 Å². The van der Waals surface area contributed by atoms with Crippen LogP contribution in [-0.2, 0) is 0 Å². The van der Waals surface area contributed by atoms with Crippen molar-refractivity contribution in [3.63, 3.8) is 0 Å². The second-order valence-electron chi connectivity index (χ2n) is 3.16. The van der Waals surface area contributed by atoms with Gasteiger partial charge in [0, 0.05) is 12.7 Å². The SMILES string of the molecule is NCC(c1ccccn1)c1ncc(Br)[nH]1. The Kier molecular flexibility index (Phi) is 3.13. The molecule has 3 N–H and O–H groups in total. The molecule has 0 aromatic carbocycles. The molecule has 2 aromatic rings. The number of hydrogen-bond acceptors (Lipinski definition) is 3. The Bertz CT molecular complexity index is 426. The van der Waals surface area contributed by atoms with E-state index in [1.54, 1.807) is 12.4 Å². The summed E-state index contributed by atoms with van der Waals surface area (Å²) in [5.74, 6) is 0.862. The van der Waals surface area contributed by atoms with Gasteiger partial charge in [-0.25, -0.2) is 4.98 Å². The first-order valence-corrected chi connectivity index (χ1v) is 5.42. The second kappa shape index (κ2) is 4.55. The molecule has 1 unspecified atom stereocenters. The van der Waals surface area contributed by atoms with Gasteiger partial charge in [-0.3, -0.25) is 4.98 Å². The highest BCUT2D eigenvalue weighted by Gasteiger charge is 2.16. The molecule has 2 heterocycles. The van der Waals surface area contributed by atoms with Gasteiger partial charge >= 0.3 is 0 Å². The van der Waals surface area contributed by atoms with Crippen LogP contribution >= 0.6 is 15.9 Å². The zero-order valence-electron chi connectivity index (χ0n) is 8.02. The number of H-pyrrole nitrogens is 1. The van der Waals surface area contributed by atoms with Gasteiger partial charge in [0.15, 0.2) is 0 Å². The number of nitrogens with one attached hydrogen (secondary N) is 1. The van der Waals surface area contributed by atoms with Gasteiger partial charge in [-0.15, -0.1) is 0 Å². The smallest absolute Gasteiger partial charge is 0.117 e. The van der Waals surface area contributed by atoms with E-state index in [0.717, 1.165) is 16.1 Å². The fourth-order valence-corrected chi connectivity index (χ4v) is 1.75. The summed E-state index contributed by atoms with van der Waals surface area (Å²) in [4.78, 5) is 11.6. The van der Waals surface area contributed by atoms with Crippen LogP contribution in [0.3, 0.4) is 0 Å². The minimum atomic E-state index is 0.0255. The Morgan fingerprint density at radius 3 is 2.80 bits per heavy atom. The molecule has 2 aromatic heterocycles. The molecule has 5 heteroatoms. The van der Waals surface area contributed by atoms with Crippen molar-refractivity contribution in [1.82, 2.24) is 15.0 Å². The van der Waals surface area contributed by atoms with Crippen LogP contribution in [0.1, 0.15) is 17.4 Å². The summed E-state index contributed by atoms with van der Waals surface area (Å²) >= 11 is 3.32. The van der Waals surface area contributed by atoms with Gasteiger partial charge in [-0.1, -0.05) is 6.07 Å². The summed E-state index contributed by atoms with van der Waals surface area (Å²) in [6, 6.07) is 5.78. The number of halogens is 1. The van der Waals surface area contributed by atoms with Crippen molar-refractivity contribution in [2.24, 2.45) is 5.73 Å². The maximum Gasteiger partial charge on any atom is 0.117 e. The van der Waals surface area contributed by atoms with Gasteiger partial charge in [0.05, 0.1) is 17.8 Å². The largest absolute Gasteiger partial charge is 0.336 e. The van der Waals surface area contributed by atoms with Crippen LogP contribution < -0.4 is 5.73 Å². The highest BCUT2D eigenvalue weighted by atomic mass is 79.9.